The number of benzene rings is 2. The highest BCUT2D eigenvalue weighted by Crippen LogP contribution is 2.29. The Morgan fingerprint density at radius 2 is 2.00 bits per heavy atom. The summed E-state index contributed by atoms with van der Waals surface area (Å²) < 4.78 is 6.65. The maximum atomic E-state index is 13.1. The minimum absolute atomic E-state index is 0.149. The second kappa shape index (κ2) is 7.13. The van der Waals surface area contributed by atoms with E-state index in [0.717, 1.165) is 5.56 Å². The predicted molar refractivity (Wildman–Crippen MR) is 102 cm³/mol. The fourth-order valence-electron chi connectivity index (χ4n) is 2.88. The number of hydrogen-bond acceptors (Lipinski definition) is 5. The first-order chi connectivity index (χ1) is 12.6. The Kier molecular flexibility index (Phi) is 4.70. The van der Waals surface area contributed by atoms with Crippen LogP contribution < -0.4 is 5.56 Å². The van der Waals surface area contributed by atoms with Crippen molar-refractivity contribution in [2.45, 2.75) is 23.4 Å². The van der Waals surface area contributed by atoms with E-state index < -0.39 is 0 Å². The van der Waals surface area contributed by atoms with Crippen LogP contribution in [0.25, 0.3) is 10.9 Å². The molecule has 1 saturated heterocycles. The Morgan fingerprint density at radius 1 is 1.19 bits per heavy atom. The lowest BCUT2D eigenvalue weighted by Crippen LogP contribution is -2.25. The van der Waals surface area contributed by atoms with Crippen molar-refractivity contribution in [2.75, 3.05) is 6.61 Å². The number of thioether (sulfide) groups is 1. The zero-order chi connectivity index (χ0) is 18.1. The molecule has 1 aliphatic heterocycles. The van der Waals surface area contributed by atoms with Crippen molar-refractivity contribution in [3.05, 3.63) is 69.5 Å². The van der Waals surface area contributed by atoms with Crippen LogP contribution >= 0.6 is 23.4 Å². The molecule has 0 bridgehead atoms. The fourth-order valence-corrected chi connectivity index (χ4v) is 4.11. The van der Waals surface area contributed by atoms with Crippen molar-refractivity contribution < 1.29 is 9.53 Å². The molecular formula is C19H15ClN2O3S. The van der Waals surface area contributed by atoms with Crippen LogP contribution in [0.1, 0.15) is 12.0 Å². The molecule has 5 nitrogen and oxygen atoms in total. The highest BCUT2D eigenvalue weighted by molar-refractivity contribution is 8.00. The molecule has 0 amide bonds. The molecule has 1 aromatic heterocycles. The molecule has 26 heavy (non-hydrogen) atoms. The van der Waals surface area contributed by atoms with Crippen LogP contribution in [-0.2, 0) is 16.1 Å². The van der Waals surface area contributed by atoms with E-state index in [1.165, 1.54) is 11.8 Å². The summed E-state index contributed by atoms with van der Waals surface area (Å²) in [7, 11) is 0. The molecule has 132 valence electrons. The summed E-state index contributed by atoms with van der Waals surface area (Å²) in [5.41, 5.74) is 1.37. The van der Waals surface area contributed by atoms with Crippen LogP contribution in [-0.4, -0.2) is 27.4 Å². The van der Waals surface area contributed by atoms with Crippen LogP contribution in [0.4, 0.5) is 0 Å². The van der Waals surface area contributed by atoms with Crippen molar-refractivity contribution in [3.63, 3.8) is 0 Å². The first-order valence-corrected chi connectivity index (χ1v) is 9.45. The molecule has 0 spiro atoms. The SMILES string of the molecule is O=C1OCCC1Sc1nc2cc(Cl)ccc2c(=O)n1Cc1ccccc1. The quantitative estimate of drug-likeness (QED) is 0.507. The summed E-state index contributed by atoms with van der Waals surface area (Å²) in [6.45, 7) is 0.786. The molecule has 1 atom stereocenters. The number of cyclic esters (lactones) is 1. The van der Waals surface area contributed by atoms with Crippen LogP contribution in [0.5, 0.6) is 0 Å². The Hall–Kier alpha value is -2.31. The standard InChI is InChI=1S/C19H15ClN2O3S/c20-13-6-7-14-15(10-13)21-19(26-16-8-9-25-18(16)24)22(17(14)23)11-12-4-2-1-3-5-12/h1-7,10,16H,8-9,11H2. The third-order valence-electron chi connectivity index (χ3n) is 4.20. The second-order valence-corrected chi connectivity index (χ2v) is 7.60. The largest absolute Gasteiger partial charge is 0.465 e. The molecule has 1 aliphatic rings. The Bertz CT molecular complexity index is 1040. The van der Waals surface area contributed by atoms with E-state index >= 15 is 0 Å². The average Bonchev–Trinajstić information content (AvgIpc) is 3.04. The molecule has 3 aromatic rings. The average molecular weight is 387 g/mol. The topological polar surface area (TPSA) is 61.2 Å². The van der Waals surface area contributed by atoms with Gasteiger partial charge in [-0.15, -0.1) is 0 Å². The van der Waals surface area contributed by atoms with Crippen LogP contribution in [0, 0.1) is 0 Å². The molecule has 1 fully saturated rings. The number of nitrogens with zero attached hydrogens (tertiary/aromatic N) is 2. The van der Waals surface area contributed by atoms with E-state index in [4.69, 9.17) is 16.3 Å². The molecule has 1 unspecified atom stereocenters. The van der Waals surface area contributed by atoms with Gasteiger partial charge in [-0.1, -0.05) is 53.7 Å². The normalized spacial score (nSPS) is 16.8. The van der Waals surface area contributed by atoms with Gasteiger partial charge in [0.25, 0.3) is 5.56 Å². The number of carbonyl (C=O) groups excluding carboxylic acids is 1. The Labute approximate surface area is 159 Å². The zero-order valence-corrected chi connectivity index (χ0v) is 15.3. The summed E-state index contributed by atoms with van der Waals surface area (Å²) in [6, 6.07) is 14.7. The van der Waals surface area contributed by atoms with E-state index in [0.29, 0.717) is 40.7 Å². The molecule has 2 aromatic carbocycles. The van der Waals surface area contributed by atoms with Crippen molar-refractivity contribution in [2.24, 2.45) is 0 Å². The number of halogens is 1. The van der Waals surface area contributed by atoms with E-state index in [1.54, 1.807) is 22.8 Å². The maximum Gasteiger partial charge on any atom is 0.319 e. The summed E-state index contributed by atoms with van der Waals surface area (Å²) in [4.78, 5) is 29.6. The number of aromatic nitrogens is 2. The van der Waals surface area contributed by atoms with Crippen molar-refractivity contribution in [1.82, 2.24) is 9.55 Å². The number of esters is 1. The van der Waals surface area contributed by atoms with Crippen LogP contribution in [0.2, 0.25) is 5.02 Å². The van der Waals surface area contributed by atoms with E-state index in [2.05, 4.69) is 4.98 Å². The van der Waals surface area contributed by atoms with Crippen LogP contribution in [0.15, 0.2) is 58.5 Å². The number of rotatable bonds is 4. The molecule has 4 rings (SSSR count). The third kappa shape index (κ3) is 3.34. The van der Waals surface area contributed by atoms with Gasteiger partial charge in [0, 0.05) is 11.4 Å². The molecule has 0 aliphatic carbocycles. The van der Waals surface area contributed by atoms with Crippen molar-refractivity contribution in [3.8, 4) is 0 Å². The molecule has 0 N–H and O–H groups in total. The van der Waals surface area contributed by atoms with Gasteiger partial charge < -0.3 is 4.74 Å². The minimum Gasteiger partial charge on any atom is -0.465 e. The van der Waals surface area contributed by atoms with Crippen molar-refractivity contribution in [1.29, 1.82) is 0 Å². The fraction of sp³-hybridized carbons (Fsp3) is 0.211. The van der Waals surface area contributed by atoms with E-state index in [-0.39, 0.29) is 16.8 Å². The number of carbonyl (C=O) groups is 1. The van der Waals surface area contributed by atoms with E-state index in [9.17, 15) is 9.59 Å². The maximum absolute atomic E-state index is 13.1. The summed E-state index contributed by atoms with van der Waals surface area (Å²) in [5, 5.41) is 1.17. The lowest BCUT2D eigenvalue weighted by atomic mass is 10.2. The first kappa shape index (κ1) is 17.1. The third-order valence-corrected chi connectivity index (χ3v) is 5.67. The Balaban J connectivity index is 1.84. The molecule has 7 heteroatoms. The van der Waals surface area contributed by atoms with Gasteiger partial charge in [0.2, 0.25) is 0 Å². The highest BCUT2D eigenvalue weighted by atomic mass is 35.5. The van der Waals surface area contributed by atoms with Gasteiger partial charge in [-0.2, -0.15) is 0 Å². The predicted octanol–water partition coefficient (Wildman–Crippen LogP) is 3.51. The minimum atomic E-state index is -0.347. The number of ether oxygens (including phenoxy) is 1. The van der Waals surface area contributed by atoms with Gasteiger partial charge in [0.05, 0.1) is 24.1 Å². The molecule has 0 saturated carbocycles. The smallest absolute Gasteiger partial charge is 0.319 e. The highest BCUT2D eigenvalue weighted by Gasteiger charge is 2.29. The lowest BCUT2D eigenvalue weighted by Gasteiger charge is -2.14. The van der Waals surface area contributed by atoms with Crippen LogP contribution in [0.3, 0.4) is 0 Å². The van der Waals surface area contributed by atoms with Gasteiger partial charge >= 0.3 is 5.97 Å². The lowest BCUT2D eigenvalue weighted by molar-refractivity contribution is -0.137. The van der Waals surface area contributed by atoms with E-state index in [1.807, 2.05) is 30.3 Å². The van der Waals surface area contributed by atoms with Crippen molar-refractivity contribution >= 4 is 40.2 Å². The molecule has 0 radical (unpaired) electrons. The van der Waals surface area contributed by atoms with Gasteiger partial charge in [-0.05, 0) is 23.8 Å². The Morgan fingerprint density at radius 3 is 2.73 bits per heavy atom. The second-order valence-electron chi connectivity index (χ2n) is 6.00. The van der Waals surface area contributed by atoms with Gasteiger partial charge in [-0.3, -0.25) is 14.2 Å². The first-order valence-electron chi connectivity index (χ1n) is 8.19. The van der Waals surface area contributed by atoms with Gasteiger partial charge in [0.1, 0.15) is 5.25 Å². The monoisotopic (exact) mass is 386 g/mol. The number of fused-ring (bicyclic) bond motifs is 1. The summed E-state index contributed by atoms with van der Waals surface area (Å²) in [5.74, 6) is -0.262. The number of hydrogen-bond donors (Lipinski definition) is 0. The summed E-state index contributed by atoms with van der Waals surface area (Å²) in [6.07, 6.45) is 0.609. The van der Waals surface area contributed by atoms with Gasteiger partial charge in [0.15, 0.2) is 5.16 Å². The zero-order valence-electron chi connectivity index (χ0n) is 13.7. The van der Waals surface area contributed by atoms with Gasteiger partial charge in [-0.25, -0.2) is 4.98 Å². The molecule has 2 heterocycles. The molecular weight excluding hydrogens is 372 g/mol. The summed E-state index contributed by atoms with van der Waals surface area (Å²) >= 11 is 7.33.